The molecule has 0 spiro atoms. The van der Waals surface area contributed by atoms with Crippen LogP contribution in [0.25, 0.3) is 0 Å². The van der Waals surface area contributed by atoms with Crippen LogP contribution < -0.4 is 10.2 Å². The predicted molar refractivity (Wildman–Crippen MR) is 102 cm³/mol. The van der Waals surface area contributed by atoms with Crippen LogP contribution in [0.15, 0.2) is 24.3 Å². The molecule has 10 nitrogen and oxygen atoms in total. The summed E-state index contributed by atoms with van der Waals surface area (Å²) in [6.07, 6.45) is 0. The largest absolute Gasteiger partial charge is 0.462 e. The van der Waals surface area contributed by atoms with E-state index in [1.807, 2.05) is 4.90 Å². The molecule has 0 bridgehead atoms. The number of rotatable bonds is 6. The Labute approximate surface area is 161 Å². The lowest BCUT2D eigenvalue weighted by atomic mass is 10.2. The Balaban J connectivity index is 1.89. The summed E-state index contributed by atoms with van der Waals surface area (Å²) in [5.41, 5.74) is 1.04. The number of aromatic nitrogens is 2. The minimum atomic E-state index is -0.506. The van der Waals surface area contributed by atoms with Gasteiger partial charge in [-0.15, -0.1) is 0 Å². The van der Waals surface area contributed by atoms with E-state index in [9.17, 15) is 14.9 Å². The quantitative estimate of drug-likeness (QED) is 0.452. The smallest absolute Gasteiger partial charge is 0.338 e. The normalized spacial score (nSPS) is 13.9. The average molecular weight is 387 g/mol. The molecule has 0 saturated carbocycles. The van der Waals surface area contributed by atoms with E-state index in [2.05, 4.69) is 15.3 Å². The van der Waals surface area contributed by atoms with E-state index in [-0.39, 0.29) is 23.8 Å². The SMILES string of the molecule is CCOC(=O)c1ccc(Nc2nc(N3CCOCC3)nc(C)c2[N+](=O)[O-])cc1. The van der Waals surface area contributed by atoms with Gasteiger partial charge in [-0.3, -0.25) is 10.1 Å². The number of anilines is 3. The molecule has 1 fully saturated rings. The van der Waals surface area contributed by atoms with Gasteiger partial charge in [-0.25, -0.2) is 9.78 Å². The zero-order chi connectivity index (χ0) is 20.1. The molecule has 0 radical (unpaired) electrons. The number of morpholine rings is 1. The van der Waals surface area contributed by atoms with Crippen LogP contribution in [0.1, 0.15) is 23.0 Å². The highest BCUT2D eigenvalue weighted by atomic mass is 16.6. The maximum absolute atomic E-state index is 11.8. The lowest BCUT2D eigenvalue weighted by Crippen LogP contribution is -2.37. The summed E-state index contributed by atoms with van der Waals surface area (Å²) in [6, 6.07) is 6.45. The second-order valence-corrected chi connectivity index (χ2v) is 6.09. The molecule has 3 rings (SSSR count). The molecule has 10 heteroatoms. The predicted octanol–water partition coefficient (Wildman–Crippen LogP) is 2.45. The minimum Gasteiger partial charge on any atom is -0.462 e. The van der Waals surface area contributed by atoms with Crippen LogP contribution in [-0.2, 0) is 9.47 Å². The number of nitrogens with one attached hydrogen (secondary N) is 1. The average Bonchev–Trinajstić information content (AvgIpc) is 2.68. The third kappa shape index (κ3) is 4.34. The van der Waals surface area contributed by atoms with Gasteiger partial charge in [0.25, 0.3) is 0 Å². The second-order valence-electron chi connectivity index (χ2n) is 6.09. The molecule has 0 atom stereocenters. The molecular formula is C18H21N5O5. The van der Waals surface area contributed by atoms with Crippen molar-refractivity contribution in [3.05, 3.63) is 45.6 Å². The third-order valence-electron chi connectivity index (χ3n) is 4.18. The van der Waals surface area contributed by atoms with Gasteiger partial charge in [-0.05, 0) is 38.1 Å². The van der Waals surface area contributed by atoms with Gasteiger partial charge >= 0.3 is 11.7 Å². The summed E-state index contributed by atoms with van der Waals surface area (Å²) < 4.78 is 10.3. The van der Waals surface area contributed by atoms with Crippen molar-refractivity contribution in [1.29, 1.82) is 0 Å². The molecule has 2 heterocycles. The molecule has 1 N–H and O–H groups in total. The van der Waals surface area contributed by atoms with Crippen LogP contribution >= 0.6 is 0 Å². The first kappa shape index (κ1) is 19.5. The Morgan fingerprint density at radius 2 is 1.96 bits per heavy atom. The number of nitro groups is 1. The highest BCUT2D eigenvalue weighted by Crippen LogP contribution is 2.30. The summed E-state index contributed by atoms with van der Waals surface area (Å²) in [5.74, 6) is 0.0902. The number of carbonyl (C=O) groups is 1. The highest BCUT2D eigenvalue weighted by Gasteiger charge is 2.25. The fourth-order valence-corrected chi connectivity index (χ4v) is 2.80. The Morgan fingerprint density at radius 3 is 2.57 bits per heavy atom. The standard InChI is InChI=1S/C18H21N5O5/c1-3-28-17(24)13-4-6-14(7-5-13)20-16-15(23(25)26)12(2)19-18(21-16)22-8-10-27-11-9-22/h4-7H,3,8-11H2,1-2H3,(H,19,20,21). The number of hydrogen-bond donors (Lipinski definition) is 1. The lowest BCUT2D eigenvalue weighted by Gasteiger charge is -2.27. The van der Waals surface area contributed by atoms with Crippen molar-refractivity contribution in [3.63, 3.8) is 0 Å². The van der Waals surface area contributed by atoms with Gasteiger partial charge in [0.1, 0.15) is 5.69 Å². The van der Waals surface area contributed by atoms with Crippen molar-refractivity contribution in [3.8, 4) is 0 Å². The van der Waals surface area contributed by atoms with Gasteiger partial charge in [0.05, 0.1) is 30.3 Å². The number of nitrogens with zero attached hydrogens (tertiary/aromatic N) is 4. The number of carbonyl (C=O) groups excluding carboxylic acids is 1. The molecule has 1 aliphatic rings. The summed E-state index contributed by atoms with van der Waals surface area (Å²) in [5, 5.41) is 14.5. The van der Waals surface area contributed by atoms with Crippen molar-refractivity contribution in [2.45, 2.75) is 13.8 Å². The Morgan fingerprint density at radius 1 is 1.29 bits per heavy atom. The zero-order valence-corrected chi connectivity index (χ0v) is 15.7. The van der Waals surface area contributed by atoms with E-state index in [0.717, 1.165) is 0 Å². The number of aryl methyl sites for hydroxylation is 1. The van der Waals surface area contributed by atoms with Crippen molar-refractivity contribution in [1.82, 2.24) is 9.97 Å². The molecule has 1 aromatic heterocycles. The highest BCUT2D eigenvalue weighted by molar-refractivity contribution is 5.90. The van der Waals surface area contributed by atoms with Gasteiger partial charge in [-0.1, -0.05) is 0 Å². The molecule has 2 aromatic rings. The first-order valence-electron chi connectivity index (χ1n) is 8.89. The topological polar surface area (TPSA) is 120 Å². The van der Waals surface area contributed by atoms with Gasteiger partial charge in [0, 0.05) is 18.8 Å². The van der Waals surface area contributed by atoms with Gasteiger partial charge in [0.15, 0.2) is 0 Å². The second kappa shape index (κ2) is 8.61. The maximum Gasteiger partial charge on any atom is 0.338 e. The zero-order valence-electron chi connectivity index (χ0n) is 15.7. The molecule has 0 aliphatic carbocycles. The van der Waals surface area contributed by atoms with E-state index in [1.54, 1.807) is 38.1 Å². The van der Waals surface area contributed by atoms with Crippen molar-refractivity contribution in [2.24, 2.45) is 0 Å². The van der Waals surface area contributed by atoms with Gasteiger partial charge in [-0.2, -0.15) is 4.98 Å². The Hall–Kier alpha value is -3.27. The summed E-state index contributed by atoms with van der Waals surface area (Å²) in [6.45, 7) is 5.94. The third-order valence-corrected chi connectivity index (χ3v) is 4.18. The molecular weight excluding hydrogens is 366 g/mol. The molecule has 0 unspecified atom stereocenters. The molecule has 0 amide bonds. The molecule has 148 valence electrons. The first-order valence-corrected chi connectivity index (χ1v) is 8.89. The van der Waals surface area contributed by atoms with E-state index >= 15 is 0 Å². The van der Waals surface area contributed by atoms with Crippen LogP contribution in [-0.4, -0.2) is 53.8 Å². The Bertz CT molecular complexity index is 865. The summed E-state index contributed by atoms with van der Waals surface area (Å²) in [7, 11) is 0. The van der Waals surface area contributed by atoms with Crippen LogP contribution in [0.5, 0.6) is 0 Å². The van der Waals surface area contributed by atoms with E-state index < -0.39 is 10.9 Å². The molecule has 28 heavy (non-hydrogen) atoms. The summed E-state index contributed by atoms with van der Waals surface area (Å²) >= 11 is 0. The maximum atomic E-state index is 11.8. The molecule has 1 saturated heterocycles. The van der Waals surface area contributed by atoms with Crippen molar-refractivity contribution < 1.29 is 19.2 Å². The van der Waals surface area contributed by atoms with Crippen LogP contribution in [0.3, 0.4) is 0 Å². The number of ether oxygens (including phenoxy) is 2. The van der Waals surface area contributed by atoms with Crippen LogP contribution in [0.2, 0.25) is 0 Å². The number of hydrogen-bond acceptors (Lipinski definition) is 9. The number of benzene rings is 1. The fourth-order valence-electron chi connectivity index (χ4n) is 2.80. The summed E-state index contributed by atoms with van der Waals surface area (Å²) in [4.78, 5) is 33.4. The first-order chi connectivity index (χ1) is 13.5. The van der Waals surface area contributed by atoms with E-state index in [4.69, 9.17) is 9.47 Å². The van der Waals surface area contributed by atoms with Crippen LogP contribution in [0.4, 0.5) is 23.1 Å². The fraction of sp³-hybridized carbons (Fsp3) is 0.389. The molecule has 1 aliphatic heterocycles. The van der Waals surface area contributed by atoms with Crippen molar-refractivity contribution in [2.75, 3.05) is 43.1 Å². The number of esters is 1. The molecule has 1 aromatic carbocycles. The van der Waals surface area contributed by atoms with E-state index in [0.29, 0.717) is 43.5 Å². The minimum absolute atomic E-state index is 0.0999. The van der Waals surface area contributed by atoms with Gasteiger partial charge < -0.3 is 19.7 Å². The van der Waals surface area contributed by atoms with E-state index in [1.165, 1.54) is 0 Å². The van der Waals surface area contributed by atoms with Gasteiger partial charge in [0.2, 0.25) is 11.8 Å². The lowest BCUT2D eigenvalue weighted by molar-refractivity contribution is -0.385. The van der Waals surface area contributed by atoms with Crippen LogP contribution in [0, 0.1) is 17.0 Å². The van der Waals surface area contributed by atoms with Crippen molar-refractivity contribution >= 4 is 29.1 Å². The monoisotopic (exact) mass is 387 g/mol. The Kier molecular flexibility index (Phi) is 5.99.